The van der Waals surface area contributed by atoms with Crippen LogP contribution in [0.25, 0.3) is 0 Å². The van der Waals surface area contributed by atoms with E-state index in [0.29, 0.717) is 31.1 Å². The molecule has 2 atom stereocenters. The quantitative estimate of drug-likeness (QED) is 0.384. The fourth-order valence-electron chi connectivity index (χ4n) is 5.77. The van der Waals surface area contributed by atoms with E-state index in [2.05, 4.69) is 61.9 Å². The predicted octanol–water partition coefficient (Wildman–Crippen LogP) is 4.87. The maximum atomic E-state index is 13.7. The summed E-state index contributed by atoms with van der Waals surface area (Å²) < 4.78 is 0. The van der Waals surface area contributed by atoms with Crippen molar-refractivity contribution in [3.8, 4) is 0 Å². The van der Waals surface area contributed by atoms with E-state index < -0.39 is 0 Å². The van der Waals surface area contributed by atoms with E-state index >= 15 is 0 Å². The Morgan fingerprint density at radius 3 is 2.37 bits per heavy atom. The molecule has 1 fully saturated rings. The van der Waals surface area contributed by atoms with Crippen LogP contribution in [0.3, 0.4) is 0 Å². The van der Waals surface area contributed by atoms with E-state index in [1.165, 1.54) is 6.33 Å². The van der Waals surface area contributed by atoms with Gasteiger partial charge in [0.05, 0.1) is 6.04 Å². The lowest BCUT2D eigenvalue weighted by molar-refractivity contribution is -0.131. The van der Waals surface area contributed by atoms with E-state index in [1.54, 1.807) is 0 Å². The number of hydrogen-bond donors (Lipinski definition) is 3. The van der Waals surface area contributed by atoms with Gasteiger partial charge in [0.25, 0.3) is 0 Å². The summed E-state index contributed by atoms with van der Waals surface area (Å²) in [6, 6.07) is 17.9. The normalized spacial score (nSPS) is 20.1. The summed E-state index contributed by atoms with van der Waals surface area (Å²) in [6.45, 7) is 2.94. The molecule has 3 aromatic rings. The van der Waals surface area contributed by atoms with Gasteiger partial charge in [-0.1, -0.05) is 30.7 Å². The molecular weight excluding hydrogens is 514 g/mol. The van der Waals surface area contributed by atoms with Crippen LogP contribution < -0.4 is 16.0 Å². The van der Waals surface area contributed by atoms with Crippen LogP contribution in [-0.4, -0.2) is 64.7 Å². The van der Waals surface area contributed by atoms with Gasteiger partial charge < -0.3 is 20.9 Å². The highest BCUT2D eigenvalue weighted by atomic mass is 16.2. The average molecular weight is 556 g/mol. The number of nitrogens with zero attached hydrogens (tertiary/aromatic N) is 4. The first kappa shape index (κ1) is 28.7. The van der Waals surface area contributed by atoms with Gasteiger partial charge in [-0.05, 0) is 88.3 Å². The molecule has 1 amide bonds. The van der Waals surface area contributed by atoms with E-state index in [9.17, 15) is 9.59 Å². The SMILES string of the molecule is CN(C)CCCC[C@@H]1CC(=O)C2CCCN2Cc2cccc(c2)Nc2cc(ncn2)Nc2cccc(c2)CNC1=O. The highest BCUT2D eigenvalue weighted by Crippen LogP contribution is 2.27. The molecule has 216 valence electrons. The summed E-state index contributed by atoms with van der Waals surface area (Å²) >= 11 is 0. The number of anilines is 4. The Balaban J connectivity index is 1.41. The van der Waals surface area contributed by atoms with Crippen molar-refractivity contribution >= 4 is 34.7 Å². The lowest BCUT2D eigenvalue weighted by atomic mass is 9.91. The molecule has 3 heterocycles. The van der Waals surface area contributed by atoms with Crippen molar-refractivity contribution in [3.63, 3.8) is 0 Å². The lowest BCUT2D eigenvalue weighted by Crippen LogP contribution is -2.39. The average Bonchev–Trinajstić information content (AvgIpc) is 3.41. The number of nitrogens with one attached hydrogen (secondary N) is 3. The van der Waals surface area contributed by atoms with Gasteiger partial charge in [-0.2, -0.15) is 0 Å². The highest BCUT2D eigenvalue weighted by molar-refractivity contribution is 5.90. The number of aromatic nitrogens is 2. The Hall–Kier alpha value is -3.82. The van der Waals surface area contributed by atoms with Gasteiger partial charge in [-0.3, -0.25) is 14.5 Å². The summed E-state index contributed by atoms with van der Waals surface area (Å²) in [5, 5.41) is 9.87. The Morgan fingerprint density at radius 2 is 1.63 bits per heavy atom. The van der Waals surface area contributed by atoms with Gasteiger partial charge >= 0.3 is 0 Å². The summed E-state index contributed by atoms with van der Waals surface area (Å²) in [4.78, 5) is 40.3. The molecule has 9 nitrogen and oxygen atoms in total. The van der Waals surface area contributed by atoms with E-state index in [-0.39, 0.29) is 30.1 Å². The number of fused-ring (bicyclic) bond motifs is 7. The van der Waals surface area contributed by atoms with Crippen molar-refractivity contribution in [1.29, 1.82) is 0 Å². The van der Waals surface area contributed by atoms with Crippen LogP contribution in [0.1, 0.15) is 49.7 Å². The fourth-order valence-corrected chi connectivity index (χ4v) is 5.77. The molecule has 1 unspecified atom stereocenters. The maximum Gasteiger partial charge on any atom is 0.223 e. The van der Waals surface area contributed by atoms with Crippen molar-refractivity contribution in [2.45, 2.75) is 57.7 Å². The van der Waals surface area contributed by atoms with Crippen LogP contribution >= 0.6 is 0 Å². The smallest absolute Gasteiger partial charge is 0.223 e. The first-order valence-electron chi connectivity index (χ1n) is 14.7. The molecule has 3 N–H and O–H groups in total. The van der Waals surface area contributed by atoms with Crippen LogP contribution in [0, 0.1) is 5.92 Å². The fraction of sp³-hybridized carbons (Fsp3) is 0.438. The third-order valence-electron chi connectivity index (χ3n) is 7.88. The molecule has 0 radical (unpaired) electrons. The van der Waals surface area contributed by atoms with E-state index in [1.807, 2.05) is 42.5 Å². The molecule has 9 heteroatoms. The molecule has 0 aliphatic carbocycles. The molecule has 2 aliphatic heterocycles. The molecule has 2 aromatic carbocycles. The zero-order valence-corrected chi connectivity index (χ0v) is 24.1. The minimum atomic E-state index is -0.328. The molecule has 1 aromatic heterocycles. The van der Waals surface area contributed by atoms with Gasteiger partial charge in [0, 0.05) is 42.9 Å². The van der Waals surface area contributed by atoms with Crippen molar-refractivity contribution in [3.05, 3.63) is 72.1 Å². The largest absolute Gasteiger partial charge is 0.352 e. The molecule has 6 bridgehead atoms. The minimum Gasteiger partial charge on any atom is -0.352 e. The summed E-state index contributed by atoms with van der Waals surface area (Å²) in [7, 11) is 4.12. The number of rotatable bonds is 5. The van der Waals surface area contributed by atoms with Crippen LogP contribution in [-0.2, 0) is 22.7 Å². The number of amides is 1. The van der Waals surface area contributed by atoms with E-state index in [0.717, 1.165) is 61.3 Å². The number of carbonyl (C=O) groups is 2. The molecule has 1 saturated heterocycles. The Bertz CT molecular complexity index is 1340. The predicted molar refractivity (Wildman–Crippen MR) is 162 cm³/mol. The van der Waals surface area contributed by atoms with Crippen molar-refractivity contribution in [2.24, 2.45) is 5.92 Å². The standard InChI is InChI=1S/C32H41N7O2/c1-38(2)14-4-3-10-25-18-29(40)28-13-7-15-39(28)21-24-9-6-12-27(17-24)37-31-19-30(34-22-35-31)36-26-11-5-8-23(16-26)20-33-32(25)41/h5-6,8-9,11-12,16-17,19,22,25,28H,3-4,7,10,13-15,18,20-21H2,1-2H3,(H,33,41)(H2,34,35,36,37)/t25-,28?/m1/s1. The molecule has 0 spiro atoms. The maximum absolute atomic E-state index is 13.7. The number of benzene rings is 2. The van der Waals surface area contributed by atoms with Crippen LogP contribution in [0.5, 0.6) is 0 Å². The molecule has 0 saturated carbocycles. The molecular formula is C32H41N7O2. The zero-order valence-electron chi connectivity index (χ0n) is 24.1. The Labute approximate surface area is 242 Å². The summed E-state index contributed by atoms with van der Waals surface area (Å²) in [6.07, 6.45) is 6.27. The second-order valence-corrected chi connectivity index (χ2v) is 11.5. The van der Waals surface area contributed by atoms with E-state index in [4.69, 9.17) is 0 Å². The monoisotopic (exact) mass is 555 g/mol. The van der Waals surface area contributed by atoms with Crippen LogP contribution in [0.2, 0.25) is 0 Å². The third kappa shape index (κ3) is 8.11. The molecule has 41 heavy (non-hydrogen) atoms. The van der Waals surface area contributed by atoms with Crippen LogP contribution in [0.15, 0.2) is 60.9 Å². The second kappa shape index (κ2) is 13.7. The van der Waals surface area contributed by atoms with Crippen molar-refractivity contribution < 1.29 is 9.59 Å². The number of Topliss-reactive ketones (excluding diaryl/α,β-unsaturated/α-hetero) is 1. The highest BCUT2D eigenvalue weighted by Gasteiger charge is 2.33. The summed E-state index contributed by atoms with van der Waals surface area (Å²) in [5.41, 5.74) is 3.91. The minimum absolute atomic E-state index is 0.0419. The first-order valence-corrected chi connectivity index (χ1v) is 14.7. The number of unbranched alkanes of at least 4 members (excludes halogenated alkanes) is 1. The Morgan fingerprint density at radius 1 is 0.927 bits per heavy atom. The zero-order chi connectivity index (χ0) is 28.6. The summed E-state index contributed by atoms with van der Waals surface area (Å²) in [5.74, 6) is 1.16. The van der Waals surface area contributed by atoms with Gasteiger partial charge in [0.1, 0.15) is 18.0 Å². The van der Waals surface area contributed by atoms with Crippen molar-refractivity contribution in [2.75, 3.05) is 37.8 Å². The molecule has 2 aliphatic rings. The Kier molecular flexibility index (Phi) is 9.59. The topological polar surface area (TPSA) is 102 Å². The third-order valence-corrected chi connectivity index (χ3v) is 7.88. The first-order chi connectivity index (χ1) is 19.9. The van der Waals surface area contributed by atoms with Gasteiger partial charge in [-0.15, -0.1) is 0 Å². The van der Waals surface area contributed by atoms with Gasteiger partial charge in [0.2, 0.25) is 5.91 Å². The van der Waals surface area contributed by atoms with Gasteiger partial charge in [0.15, 0.2) is 5.78 Å². The number of hydrogen-bond acceptors (Lipinski definition) is 8. The van der Waals surface area contributed by atoms with Crippen LogP contribution in [0.4, 0.5) is 23.0 Å². The lowest BCUT2D eigenvalue weighted by Gasteiger charge is -2.25. The number of ketones is 1. The molecule has 5 rings (SSSR count). The van der Waals surface area contributed by atoms with Crippen molar-refractivity contribution in [1.82, 2.24) is 25.1 Å². The number of carbonyl (C=O) groups excluding carboxylic acids is 2. The van der Waals surface area contributed by atoms with Gasteiger partial charge in [-0.25, -0.2) is 9.97 Å². The second-order valence-electron chi connectivity index (χ2n) is 11.5.